The van der Waals surface area contributed by atoms with Gasteiger partial charge in [0.15, 0.2) is 0 Å². The molecule has 0 saturated carbocycles. The van der Waals surface area contributed by atoms with Gasteiger partial charge in [-0.15, -0.1) is 0 Å². The van der Waals surface area contributed by atoms with Gasteiger partial charge in [0.2, 0.25) is 5.91 Å². The van der Waals surface area contributed by atoms with E-state index < -0.39 is 5.97 Å². The van der Waals surface area contributed by atoms with E-state index in [0.717, 1.165) is 3.57 Å². The molecule has 0 fully saturated rings. The molecule has 0 heterocycles. The standard InChI is InChI=1S/C12H15IN2O3/c1-7(6-14-2)11(16)15-10-4-3-8(13)5-9(10)12(17)18/h3-5,7,14H,6H2,1-2H3,(H,15,16)(H,17,18). The van der Waals surface area contributed by atoms with Crippen molar-refractivity contribution in [2.24, 2.45) is 5.92 Å². The number of anilines is 1. The summed E-state index contributed by atoms with van der Waals surface area (Å²) in [5.41, 5.74) is 0.433. The molecule has 98 valence electrons. The minimum Gasteiger partial charge on any atom is -0.478 e. The maximum atomic E-state index is 11.8. The van der Waals surface area contributed by atoms with Gasteiger partial charge in [-0.25, -0.2) is 4.79 Å². The molecule has 0 bridgehead atoms. The van der Waals surface area contributed by atoms with Gasteiger partial charge in [0.25, 0.3) is 0 Å². The highest BCUT2D eigenvalue weighted by atomic mass is 127. The molecule has 0 saturated heterocycles. The second kappa shape index (κ2) is 6.69. The van der Waals surface area contributed by atoms with E-state index in [4.69, 9.17) is 5.11 Å². The summed E-state index contributed by atoms with van der Waals surface area (Å²) >= 11 is 2.03. The fourth-order valence-electron chi connectivity index (χ4n) is 1.46. The van der Waals surface area contributed by atoms with Crippen LogP contribution in [-0.4, -0.2) is 30.6 Å². The number of benzene rings is 1. The molecular formula is C12H15IN2O3. The van der Waals surface area contributed by atoms with Crippen molar-refractivity contribution in [1.29, 1.82) is 0 Å². The van der Waals surface area contributed by atoms with E-state index in [9.17, 15) is 9.59 Å². The summed E-state index contributed by atoms with van der Waals surface area (Å²) in [6, 6.07) is 4.89. The highest BCUT2D eigenvalue weighted by Gasteiger charge is 2.16. The third-order valence-corrected chi connectivity index (χ3v) is 3.10. The molecule has 0 aromatic heterocycles. The highest BCUT2D eigenvalue weighted by Crippen LogP contribution is 2.19. The largest absolute Gasteiger partial charge is 0.478 e. The molecule has 0 aliphatic rings. The first kappa shape index (κ1) is 14.9. The first-order valence-electron chi connectivity index (χ1n) is 5.44. The zero-order valence-electron chi connectivity index (χ0n) is 10.2. The fraction of sp³-hybridized carbons (Fsp3) is 0.333. The summed E-state index contributed by atoms with van der Waals surface area (Å²) in [5, 5.41) is 14.6. The van der Waals surface area contributed by atoms with E-state index in [2.05, 4.69) is 10.6 Å². The average molecular weight is 362 g/mol. The van der Waals surface area contributed by atoms with Crippen molar-refractivity contribution in [2.75, 3.05) is 18.9 Å². The van der Waals surface area contributed by atoms with Gasteiger partial charge < -0.3 is 15.7 Å². The molecule has 0 spiro atoms. The molecule has 5 nitrogen and oxygen atoms in total. The molecule has 1 aromatic rings. The second-order valence-corrected chi connectivity index (χ2v) is 5.19. The monoisotopic (exact) mass is 362 g/mol. The number of rotatable bonds is 5. The Morgan fingerprint density at radius 2 is 2.11 bits per heavy atom. The van der Waals surface area contributed by atoms with Gasteiger partial charge in [-0.1, -0.05) is 6.92 Å². The number of amides is 1. The lowest BCUT2D eigenvalue weighted by molar-refractivity contribution is -0.119. The van der Waals surface area contributed by atoms with Crippen molar-refractivity contribution in [2.45, 2.75) is 6.92 Å². The van der Waals surface area contributed by atoms with Crippen LogP contribution in [0.4, 0.5) is 5.69 Å². The van der Waals surface area contributed by atoms with E-state index in [1.807, 2.05) is 22.6 Å². The number of halogens is 1. The molecule has 3 N–H and O–H groups in total. The molecule has 6 heteroatoms. The topological polar surface area (TPSA) is 78.4 Å². The number of carbonyl (C=O) groups is 2. The Balaban J connectivity index is 2.90. The molecule has 1 unspecified atom stereocenters. The Hall–Kier alpha value is -1.15. The van der Waals surface area contributed by atoms with Crippen LogP contribution in [0.3, 0.4) is 0 Å². The Morgan fingerprint density at radius 3 is 2.67 bits per heavy atom. The highest BCUT2D eigenvalue weighted by molar-refractivity contribution is 14.1. The van der Waals surface area contributed by atoms with Crippen LogP contribution in [0.5, 0.6) is 0 Å². The molecule has 0 aliphatic carbocycles. The lowest BCUT2D eigenvalue weighted by atomic mass is 10.1. The first-order chi connectivity index (χ1) is 8.45. The van der Waals surface area contributed by atoms with Crippen LogP contribution in [0.15, 0.2) is 18.2 Å². The van der Waals surface area contributed by atoms with E-state index in [0.29, 0.717) is 12.2 Å². The lowest BCUT2D eigenvalue weighted by Crippen LogP contribution is -2.29. The fourth-order valence-corrected chi connectivity index (χ4v) is 1.95. The Bertz CT molecular complexity index is 463. The Kier molecular flexibility index (Phi) is 5.54. The minimum absolute atomic E-state index is 0.104. The van der Waals surface area contributed by atoms with Crippen molar-refractivity contribution in [3.8, 4) is 0 Å². The van der Waals surface area contributed by atoms with Crippen LogP contribution in [0.25, 0.3) is 0 Å². The third-order valence-electron chi connectivity index (χ3n) is 2.43. The molecule has 0 aliphatic heterocycles. The van der Waals surface area contributed by atoms with Crippen molar-refractivity contribution >= 4 is 40.2 Å². The Morgan fingerprint density at radius 1 is 1.44 bits per heavy atom. The van der Waals surface area contributed by atoms with Gasteiger partial charge in [0, 0.05) is 16.0 Å². The van der Waals surface area contributed by atoms with Gasteiger partial charge in [0.1, 0.15) is 0 Å². The van der Waals surface area contributed by atoms with Crippen LogP contribution in [-0.2, 0) is 4.79 Å². The summed E-state index contributed by atoms with van der Waals surface area (Å²) in [5.74, 6) is -1.48. The van der Waals surface area contributed by atoms with Crippen LogP contribution in [0.1, 0.15) is 17.3 Å². The normalized spacial score (nSPS) is 11.9. The van der Waals surface area contributed by atoms with Crippen LogP contribution < -0.4 is 10.6 Å². The summed E-state index contributed by atoms with van der Waals surface area (Å²) in [7, 11) is 1.76. The number of carbonyl (C=O) groups excluding carboxylic acids is 1. The van der Waals surface area contributed by atoms with Crippen molar-refractivity contribution in [3.63, 3.8) is 0 Å². The predicted octanol–water partition coefficient (Wildman–Crippen LogP) is 1.78. The number of hydrogen-bond acceptors (Lipinski definition) is 3. The van der Waals surface area contributed by atoms with Gasteiger partial charge in [-0.3, -0.25) is 4.79 Å². The molecule has 1 aromatic carbocycles. The van der Waals surface area contributed by atoms with Gasteiger partial charge in [-0.05, 0) is 47.8 Å². The SMILES string of the molecule is CNCC(C)C(=O)Nc1ccc(I)cc1C(=O)O. The summed E-state index contributed by atoms with van der Waals surface area (Å²) in [6.45, 7) is 2.32. The van der Waals surface area contributed by atoms with E-state index in [-0.39, 0.29) is 17.4 Å². The molecule has 18 heavy (non-hydrogen) atoms. The predicted molar refractivity (Wildman–Crippen MR) is 77.8 cm³/mol. The maximum Gasteiger partial charge on any atom is 0.337 e. The third kappa shape index (κ3) is 3.95. The number of aromatic carboxylic acids is 1. The maximum absolute atomic E-state index is 11.8. The van der Waals surface area contributed by atoms with E-state index in [1.165, 1.54) is 6.07 Å². The zero-order chi connectivity index (χ0) is 13.7. The molecule has 1 atom stereocenters. The quantitative estimate of drug-likeness (QED) is 0.698. The number of hydrogen-bond donors (Lipinski definition) is 3. The lowest BCUT2D eigenvalue weighted by Gasteiger charge is -2.13. The summed E-state index contributed by atoms with van der Waals surface area (Å²) in [4.78, 5) is 22.9. The molecule has 1 rings (SSSR count). The van der Waals surface area contributed by atoms with Crippen LogP contribution in [0, 0.1) is 9.49 Å². The van der Waals surface area contributed by atoms with Crippen molar-refractivity contribution in [3.05, 3.63) is 27.3 Å². The number of carboxylic acids is 1. The molecule has 1 amide bonds. The zero-order valence-corrected chi connectivity index (χ0v) is 12.3. The van der Waals surface area contributed by atoms with E-state index >= 15 is 0 Å². The van der Waals surface area contributed by atoms with Crippen LogP contribution >= 0.6 is 22.6 Å². The first-order valence-corrected chi connectivity index (χ1v) is 6.52. The van der Waals surface area contributed by atoms with E-state index in [1.54, 1.807) is 26.1 Å². The smallest absolute Gasteiger partial charge is 0.337 e. The van der Waals surface area contributed by atoms with Gasteiger partial charge >= 0.3 is 5.97 Å². The van der Waals surface area contributed by atoms with Gasteiger partial charge in [-0.2, -0.15) is 0 Å². The summed E-state index contributed by atoms with van der Waals surface area (Å²) in [6.07, 6.45) is 0. The minimum atomic E-state index is -1.05. The van der Waals surface area contributed by atoms with Crippen LogP contribution in [0.2, 0.25) is 0 Å². The Labute approximate surface area is 119 Å². The van der Waals surface area contributed by atoms with Gasteiger partial charge in [0.05, 0.1) is 11.3 Å². The second-order valence-electron chi connectivity index (χ2n) is 3.94. The number of carboxylic acid groups (broad SMARTS) is 1. The molecular weight excluding hydrogens is 347 g/mol. The average Bonchev–Trinajstić information content (AvgIpc) is 2.31. The van der Waals surface area contributed by atoms with Crippen molar-refractivity contribution in [1.82, 2.24) is 5.32 Å². The molecule has 0 radical (unpaired) electrons. The van der Waals surface area contributed by atoms with Crippen molar-refractivity contribution < 1.29 is 14.7 Å². The summed E-state index contributed by atoms with van der Waals surface area (Å²) < 4.78 is 0.811. The number of nitrogens with one attached hydrogen (secondary N) is 2.